The van der Waals surface area contributed by atoms with E-state index in [-0.39, 0.29) is 0 Å². The molecule has 0 N–H and O–H groups in total. The fourth-order valence-electron chi connectivity index (χ4n) is 4.70. The predicted molar refractivity (Wildman–Crippen MR) is 116 cm³/mol. The Morgan fingerprint density at radius 1 is 0.966 bits per heavy atom. The van der Waals surface area contributed by atoms with Crippen molar-refractivity contribution in [3.63, 3.8) is 0 Å². The molecule has 1 amide bonds. The number of carbonyl (C=O) groups excluding carboxylic acids is 1. The molecule has 4 nitrogen and oxygen atoms in total. The van der Waals surface area contributed by atoms with Crippen molar-refractivity contribution >= 4 is 5.91 Å². The van der Waals surface area contributed by atoms with Gasteiger partial charge in [0.05, 0.1) is 6.61 Å². The van der Waals surface area contributed by atoms with Crippen LogP contribution in [0.15, 0.2) is 54.6 Å². The van der Waals surface area contributed by atoms with E-state index in [0.717, 1.165) is 51.3 Å². The topological polar surface area (TPSA) is 32.8 Å². The number of carbonyl (C=O) groups is 1. The van der Waals surface area contributed by atoms with E-state index in [1.807, 2.05) is 12.1 Å². The second-order valence-electron chi connectivity index (χ2n) is 8.62. The molecule has 0 radical (unpaired) electrons. The number of benzene rings is 2. The molecule has 2 heterocycles. The predicted octanol–water partition coefficient (Wildman–Crippen LogP) is 4.13. The third-order valence-corrected chi connectivity index (χ3v) is 6.21. The number of rotatable bonds is 8. The van der Waals surface area contributed by atoms with Crippen molar-refractivity contribution in [3.05, 3.63) is 65.7 Å². The molecule has 0 unspecified atom stereocenters. The van der Waals surface area contributed by atoms with Crippen LogP contribution in [0.2, 0.25) is 0 Å². The summed E-state index contributed by atoms with van der Waals surface area (Å²) < 4.78 is 5.78. The Morgan fingerprint density at radius 3 is 2.45 bits per heavy atom. The van der Waals surface area contributed by atoms with Crippen LogP contribution in [0.5, 0.6) is 5.75 Å². The van der Waals surface area contributed by atoms with E-state index in [1.54, 1.807) is 0 Å². The van der Waals surface area contributed by atoms with Gasteiger partial charge in [0, 0.05) is 39.1 Å². The molecule has 4 rings (SSSR count). The van der Waals surface area contributed by atoms with E-state index in [9.17, 15) is 4.79 Å². The molecule has 2 saturated heterocycles. The normalized spacial score (nSPS) is 21.3. The second-order valence-corrected chi connectivity index (χ2v) is 8.62. The monoisotopic (exact) mass is 392 g/mol. The maximum atomic E-state index is 12.6. The molecule has 0 bridgehead atoms. The zero-order valence-electron chi connectivity index (χ0n) is 17.4. The Hall–Kier alpha value is -2.33. The average molecular weight is 393 g/mol. The van der Waals surface area contributed by atoms with E-state index in [2.05, 4.69) is 59.2 Å². The summed E-state index contributed by atoms with van der Waals surface area (Å²) in [5.41, 5.74) is 2.59. The van der Waals surface area contributed by atoms with E-state index in [4.69, 9.17) is 4.74 Å². The molecule has 2 aliphatic heterocycles. The molecule has 2 aromatic rings. The molecule has 0 aliphatic carbocycles. The van der Waals surface area contributed by atoms with Gasteiger partial charge in [-0.25, -0.2) is 0 Å². The molecule has 2 fully saturated rings. The number of hydrogen-bond acceptors (Lipinski definition) is 3. The smallest absolute Gasteiger partial charge is 0.222 e. The highest BCUT2D eigenvalue weighted by Gasteiger charge is 2.41. The van der Waals surface area contributed by atoms with Gasteiger partial charge in [-0.2, -0.15) is 0 Å². The van der Waals surface area contributed by atoms with Crippen LogP contribution in [0.4, 0.5) is 0 Å². The van der Waals surface area contributed by atoms with E-state index >= 15 is 0 Å². The lowest BCUT2D eigenvalue weighted by Crippen LogP contribution is -2.33. The summed E-state index contributed by atoms with van der Waals surface area (Å²) in [6, 6.07) is 18.8. The first kappa shape index (κ1) is 20.0. The summed E-state index contributed by atoms with van der Waals surface area (Å²) in [4.78, 5) is 17.3. The lowest BCUT2D eigenvalue weighted by molar-refractivity contribution is -0.130. The number of fused-ring (bicyclic) bond motifs is 1. The van der Waals surface area contributed by atoms with Crippen molar-refractivity contribution in [2.75, 3.05) is 32.8 Å². The van der Waals surface area contributed by atoms with Crippen LogP contribution in [-0.4, -0.2) is 48.5 Å². The quantitative estimate of drug-likeness (QED) is 0.633. The molecule has 154 valence electrons. The zero-order valence-corrected chi connectivity index (χ0v) is 17.4. The highest BCUT2D eigenvalue weighted by molar-refractivity contribution is 5.76. The van der Waals surface area contributed by atoms with Crippen LogP contribution in [0.3, 0.4) is 0 Å². The van der Waals surface area contributed by atoms with E-state index in [0.29, 0.717) is 30.8 Å². The standard InChI is InChI=1S/C25H32N2O2/c1-20-8-7-11-24(14-20)29-13-6-5-12-25(28)27-18-22-16-26(17-23(22)19-27)15-21-9-3-2-4-10-21/h2-4,7-11,14,22-23H,5-6,12-13,15-19H2,1H3/t22-,23+. The third kappa shape index (κ3) is 5.39. The maximum absolute atomic E-state index is 12.6. The van der Waals surface area contributed by atoms with Crippen molar-refractivity contribution in [2.24, 2.45) is 11.8 Å². The summed E-state index contributed by atoms with van der Waals surface area (Å²) in [7, 11) is 0. The third-order valence-electron chi connectivity index (χ3n) is 6.21. The summed E-state index contributed by atoms with van der Waals surface area (Å²) in [5, 5.41) is 0. The van der Waals surface area contributed by atoms with Crippen molar-refractivity contribution in [3.8, 4) is 5.75 Å². The Bertz CT molecular complexity index is 793. The minimum Gasteiger partial charge on any atom is -0.494 e. The van der Waals surface area contributed by atoms with Crippen molar-refractivity contribution in [1.82, 2.24) is 9.80 Å². The van der Waals surface area contributed by atoms with Crippen molar-refractivity contribution in [1.29, 1.82) is 0 Å². The summed E-state index contributed by atoms with van der Waals surface area (Å²) in [5.74, 6) is 2.54. The van der Waals surface area contributed by atoms with Crippen LogP contribution in [0.1, 0.15) is 30.4 Å². The largest absolute Gasteiger partial charge is 0.494 e. The van der Waals surface area contributed by atoms with Gasteiger partial charge in [0.25, 0.3) is 0 Å². The van der Waals surface area contributed by atoms with Gasteiger partial charge in [0.15, 0.2) is 0 Å². The van der Waals surface area contributed by atoms with Gasteiger partial charge < -0.3 is 9.64 Å². The summed E-state index contributed by atoms with van der Waals surface area (Å²) in [6.45, 7) is 7.89. The number of likely N-dealkylation sites (tertiary alicyclic amines) is 2. The fraction of sp³-hybridized carbons (Fsp3) is 0.480. The molecule has 2 aliphatic rings. The Kier molecular flexibility index (Phi) is 6.50. The number of aryl methyl sites for hydroxylation is 1. The Morgan fingerprint density at radius 2 is 1.72 bits per heavy atom. The lowest BCUT2D eigenvalue weighted by atomic mass is 10.0. The number of hydrogen-bond donors (Lipinski definition) is 0. The van der Waals surface area contributed by atoms with Gasteiger partial charge >= 0.3 is 0 Å². The van der Waals surface area contributed by atoms with Gasteiger partial charge in [-0.3, -0.25) is 9.69 Å². The fourth-order valence-corrected chi connectivity index (χ4v) is 4.70. The summed E-state index contributed by atoms with van der Waals surface area (Å²) in [6.07, 6.45) is 2.46. The molecule has 0 spiro atoms. The highest BCUT2D eigenvalue weighted by atomic mass is 16.5. The molecular formula is C25H32N2O2. The number of amides is 1. The van der Waals surface area contributed by atoms with Gasteiger partial charge in [-0.05, 0) is 54.9 Å². The van der Waals surface area contributed by atoms with Gasteiger partial charge in [0.2, 0.25) is 5.91 Å². The minimum absolute atomic E-state index is 0.324. The van der Waals surface area contributed by atoms with Crippen molar-refractivity contribution < 1.29 is 9.53 Å². The van der Waals surface area contributed by atoms with Gasteiger partial charge in [-0.1, -0.05) is 42.5 Å². The van der Waals surface area contributed by atoms with Crippen LogP contribution in [-0.2, 0) is 11.3 Å². The molecule has 0 saturated carbocycles. The van der Waals surface area contributed by atoms with Crippen LogP contribution >= 0.6 is 0 Å². The van der Waals surface area contributed by atoms with Gasteiger partial charge in [0.1, 0.15) is 5.75 Å². The van der Waals surface area contributed by atoms with Crippen molar-refractivity contribution in [2.45, 2.75) is 32.7 Å². The number of ether oxygens (including phenoxy) is 1. The van der Waals surface area contributed by atoms with E-state index in [1.165, 1.54) is 11.1 Å². The maximum Gasteiger partial charge on any atom is 0.222 e. The second kappa shape index (κ2) is 9.45. The molecule has 0 aromatic heterocycles. The van der Waals surface area contributed by atoms with Gasteiger partial charge in [-0.15, -0.1) is 0 Å². The zero-order chi connectivity index (χ0) is 20.1. The molecular weight excluding hydrogens is 360 g/mol. The average Bonchev–Trinajstić information content (AvgIpc) is 3.27. The summed E-state index contributed by atoms with van der Waals surface area (Å²) >= 11 is 0. The first-order chi connectivity index (χ1) is 14.2. The first-order valence-electron chi connectivity index (χ1n) is 10.9. The first-order valence-corrected chi connectivity index (χ1v) is 10.9. The van der Waals surface area contributed by atoms with Crippen LogP contribution < -0.4 is 4.74 Å². The Labute approximate surface area is 174 Å². The number of unbranched alkanes of at least 4 members (excludes halogenated alkanes) is 1. The van der Waals surface area contributed by atoms with Crippen LogP contribution in [0, 0.1) is 18.8 Å². The lowest BCUT2D eigenvalue weighted by Gasteiger charge is -2.21. The highest BCUT2D eigenvalue weighted by Crippen LogP contribution is 2.32. The van der Waals surface area contributed by atoms with Crippen LogP contribution in [0.25, 0.3) is 0 Å². The molecule has 2 aromatic carbocycles. The number of nitrogens with zero attached hydrogens (tertiary/aromatic N) is 2. The minimum atomic E-state index is 0.324. The van der Waals surface area contributed by atoms with E-state index < -0.39 is 0 Å². The molecule has 29 heavy (non-hydrogen) atoms. The SMILES string of the molecule is Cc1cccc(OCCCCC(=O)N2C[C@H]3CN(Cc4ccccc4)C[C@H]3C2)c1. The molecule has 2 atom stereocenters. The Balaban J connectivity index is 1.13. The molecule has 4 heteroatoms.